The van der Waals surface area contributed by atoms with Crippen molar-refractivity contribution in [1.29, 1.82) is 0 Å². The topological polar surface area (TPSA) is 104 Å². The van der Waals surface area contributed by atoms with Crippen molar-refractivity contribution in [3.8, 4) is 5.75 Å². The van der Waals surface area contributed by atoms with Gasteiger partial charge in [0.25, 0.3) is 5.91 Å². The minimum Gasteiger partial charge on any atom is -0.503 e. The second kappa shape index (κ2) is 9.75. The van der Waals surface area contributed by atoms with Crippen molar-refractivity contribution < 1.29 is 29.3 Å². The highest BCUT2D eigenvalue weighted by atomic mass is 16.5. The first kappa shape index (κ1) is 21.8. The van der Waals surface area contributed by atoms with Gasteiger partial charge in [-0.25, -0.2) is 0 Å². The largest absolute Gasteiger partial charge is 0.503 e. The molecule has 160 valence electrons. The van der Waals surface area contributed by atoms with Crippen LogP contribution in [-0.2, 0) is 14.4 Å². The maximum absolute atomic E-state index is 13.1. The third-order valence-electron chi connectivity index (χ3n) is 5.02. The molecular weight excluding hydrogens is 398 g/mol. The summed E-state index contributed by atoms with van der Waals surface area (Å²) < 4.78 is 5.41. The van der Waals surface area contributed by atoms with Crippen LogP contribution in [0.3, 0.4) is 0 Å². The molecule has 0 spiro atoms. The number of benzene rings is 2. The van der Waals surface area contributed by atoms with Crippen molar-refractivity contribution in [3.63, 3.8) is 0 Å². The Kier molecular flexibility index (Phi) is 6.87. The van der Waals surface area contributed by atoms with Gasteiger partial charge < -0.3 is 19.8 Å². The second-order valence-corrected chi connectivity index (χ2v) is 7.01. The van der Waals surface area contributed by atoms with Crippen LogP contribution in [0, 0.1) is 0 Å². The van der Waals surface area contributed by atoms with E-state index >= 15 is 0 Å². The normalized spacial score (nSPS) is 16.2. The van der Waals surface area contributed by atoms with Crippen LogP contribution in [0.2, 0.25) is 0 Å². The smallest absolute Gasteiger partial charge is 0.303 e. The lowest BCUT2D eigenvalue weighted by atomic mass is 9.94. The average Bonchev–Trinajstić information content (AvgIpc) is 3.03. The van der Waals surface area contributed by atoms with Crippen LogP contribution < -0.4 is 4.74 Å². The number of amides is 1. The number of ketones is 1. The zero-order valence-corrected chi connectivity index (χ0v) is 17.0. The van der Waals surface area contributed by atoms with Gasteiger partial charge in [-0.15, -0.1) is 0 Å². The van der Waals surface area contributed by atoms with E-state index in [1.807, 2.05) is 30.3 Å². The lowest BCUT2D eigenvalue weighted by Crippen LogP contribution is -2.32. The van der Waals surface area contributed by atoms with Gasteiger partial charge in [0.1, 0.15) is 5.75 Å². The van der Waals surface area contributed by atoms with Gasteiger partial charge in [0.15, 0.2) is 11.5 Å². The fourth-order valence-corrected chi connectivity index (χ4v) is 3.58. The van der Waals surface area contributed by atoms with Crippen LogP contribution in [0.5, 0.6) is 5.75 Å². The van der Waals surface area contributed by atoms with Crippen LogP contribution in [0.25, 0.3) is 6.08 Å². The number of aliphatic hydroxyl groups excluding tert-OH is 1. The number of carbonyl (C=O) groups is 3. The van der Waals surface area contributed by atoms with E-state index < -0.39 is 29.5 Å². The molecule has 0 aliphatic carbocycles. The fourth-order valence-electron chi connectivity index (χ4n) is 3.58. The maximum Gasteiger partial charge on any atom is 0.303 e. The molecule has 0 radical (unpaired) electrons. The molecular formula is C24H23NO6. The molecule has 1 amide bonds. The highest BCUT2D eigenvalue weighted by Gasteiger charge is 2.43. The Balaban J connectivity index is 1.99. The highest BCUT2D eigenvalue weighted by Crippen LogP contribution is 2.41. The molecule has 0 saturated heterocycles. The van der Waals surface area contributed by atoms with Gasteiger partial charge in [-0.3, -0.25) is 14.4 Å². The van der Waals surface area contributed by atoms with Crippen molar-refractivity contribution in [3.05, 3.63) is 83.1 Å². The van der Waals surface area contributed by atoms with Crippen molar-refractivity contribution in [1.82, 2.24) is 4.90 Å². The number of para-hydroxylation sites is 1. The zero-order valence-electron chi connectivity index (χ0n) is 17.0. The van der Waals surface area contributed by atoms with E-state index in [-0.39, 0.29) is 25.0 Å². The number of nitrogens with zero attached hydrogens (tertiary/aromatic N) is 1. The van der Waals surface area contributed by atoms with E-state index in [1.165, 1.54) is 18.1 Å². The standard InChI is InChI=1S/C24H23NO6/c1-31-19-11-6-5-10-17(19)22-21(18(26)14-13-16-8-3-2-4-9-16)23(29)24(30)25(22)15-7-12-20(27)28/h2-6,8-11,13-14,22,29H,7,12,15H2,1H3,(H,27,28)/b14-13+/t22-/m1/s1. The highest BCUT2D eigenvalue weighted by molar-refractivity contribution is 6.14. The Labute approximate surface area is 179 Å². The minimum absolute atomic E-state index is 0.0583. The molecule has 0 aromatic heterocycles. The SMILES string of the molecule is COc1ccccc1[C@@H]1C(C(=O)/C=C/c2ccccc2)=C(O)C(=O)N1CCCC(=O)O. The average molecular weight is 421 g/mol. The van der Waals surface area contributed by atoms with Crippen molar-refractivity contribution in [2.45, 2.75) is 18.9 Å². The lowest BCUT2D eigenvalue weighted by molar-refractivity contribution is -0.138. The van der Waals surface area contributed by atoms with Crippen molar-refractivity contribution in [2.75, 3.05) is 13.7 Å². The predicted octanol–water partition coefficient (Wildman–Crippen LogP) is 3.54. The Morgan fingerprint density at radius 1 is 1.10 bits per heavy atom. The molecule has 1 aliphatic rings. The van der Waals surface area contributed by atoms with Crippen LogP contribution >= 0.6 is 0 Å². The number of ether oxygens (including phenoxy) is 1. The number of rotatable bonds is 9. The van der Waals surface area contributed by atoms with E-state index in [4.69, 9.17) is 9.84 Å². The Hall–Kier alpha value is -3.87. The summed E-state index contributed by atoms with van der Waals surface area (Å²) in [6.07, 6.45) is 2.97. The van der Waals surface area contributed by atoms with Crippen LogP contribution in [0.4, 0.5) is 0 Å². The van der Waals surface area contributed by atoms with Crippen molar-refractivity contribution in [2.24, 2.45) is 0 Å². The third kappa shape index (κ3) is 4.83. The molecule has 7 heteroatoms. The molecule has 0 bridgehead atoms. The number of carboxylic acid groups (broad SMARTS) is 1. The summed E-state index contributed by atoms with van der Waals surface area (Å²) in [5.41, 5.74) is 1.28. The summed E-state index contributed by atoms with van der Waals surface area (Å²) in [4.78, 5) is 38.1. The predicted molar refractivity (Wildman–Crippen MR) is 114 cm³/mol. The van der Waals surface area contributed by atoms with Gasteiger partial charge >= 0.3 is 5.97 Å². The van der Waals surface area contributed by atoms with E-state index in [1.54, 1.807) is 30.3 Å². The number of carboxylic acids is 1. The van der Waals surface area contributed by atoms with E-state index in [2.05, 4.69) is 0 Å². The molecule has 7 nitrogen and oxygen atoms in total. The fraction of sp³-hybridized carbons (Fsp3) is 0.208. The molecule has 2 aromatic carbocycles. The molecule has 1 aliphatic heterocycles. The monoisotopic (exact) mass is 421 g/mol. The first-order valence-electron chi connectivity index (χ1n) is 9.80. The Morgan fingerprint density at radius 3 is 2.45 bits per heavy atom. The summed E-state index contributed by atoms with van der Waals surface area (Å²) in [6.45, 7) is 0.0666. The van der Waals surface area contributed by atoms with E-state index in [0.717, 1.165) is 5.56 Å². The quantitative estimate of drug-likeness (QED) is 0.600. The molecule has 0 saturated carbocycles. The number of aliphatic hydroxyl groups is 1. The lowest BCUT2D eigenvalue weighted by Gasteiger charge is -2.27. The Morgan fingerprint density at radius 2 is 1.77 bits per heavy atom. The number of carbonyl (C=O) groups excluding carboxylic acids is 2. The molecule has 3 rings (SSSR count). The van der Waals surface area contributed by atoms with Gasteiger partial charge in [0.2, 0.25) is 0 Å². The number of allylic oxidation sites excluding steroid dienone is 1. The van der Waals surface area contributed by atoms with E-state index in [0.29, 0.717) is 11.3 Å². The number of hydrogen-bond donors (Lipinski definition) is 2. The summed E-state index contributed by atoms with van der Waals surface area (Å²) in [7, 11) is 1.48. The molecule has 31 heavy (non-hydrogen) atoms. The second-order valence-electron chi connectivity index (χ2n) is 7.01. The van der Waals surface area contributed by atoms with Crippen LogP contribution in [-0.4, -0.2) is 46.4 Å². The molecule has 1 heterocycles. The molecule has 0 unspecified atom stereocenters. The number of methoxy groups -OCH3 is 1. The van der Waals surface area contributed by atoms with Crippen LogP contribution in [0.15, 0.2) is 72.0 Å². The first-order chi connectivity index (χ1) is 14.9. The minimum atomic E-state index is -0.986. The first-order valence-corrected chi connectivity index (χ1v) is 9.80. The van der Waals surface area contributed by atoms with E-state index in [9.17, 15) is 19.5 Å². The molecule has 2 aromatic rings. The van der Waals surface area contributed by atoms with Crippen LogP contribution in [0.1, 0.15) is 30.0 Å². The summed E-state index contributed by atoms with van der Waals surface area (Å²) in [5, 5.41) is 19.5. The molecule has 1 atom stereocenters. The molecule has 2 N–H and O–H groups in total. The summed E-state index contributed by atoms with van der Waals surface area (Å²) in [5.74, 6) is -2.38. The number of hydrogen-bond acceptors (Lipinski definition) is 5. The Bertz CT molecular complexity index is 1040. The third-order valence-corrected chi connectivity index (χ3v) is 5.02. The summed E-state index contributed by atoms with van der Waals surface area (Å²) in [6, 6.07) is 15.2. The van der Waals surface area contributed by atoms with Gasteiger partial charge in [0.05, 0.1) is 18.7 Å². The summed E-state index contributed by atoms with van der Waals surface area (Å²) >= 11 is 0. The van der Waals surface area contributed by atoms with Gasteiger partial charge in [-0.1, -0.05) is 54.6 Å². The molecule has 0 fully saturated rings. The van der Waals surface area contributed by atoms with Gasteiger partial charge in [-0.05, 0) is 24.1 Å². The number of aliphatic carboxylic acids is 1. The van der Waals surface area contributed by atoms with Crippen molar-refractivity contribution >= 4 is 23.7 Å². The van der Waals surface area contributed by atoms with Gasteiger partial charge in [0, 0.05) is 18.5 Å². The zero-order chi connectivity index (χ0) is 22.4. The maximum atomic E-state index is 13.1. The van der Waals surface area contributed by atoms with Gasteiger partial charge in [-0.2, -0.15) is 0 Å².